The molecule has 2 aromatic rings. The number of nitrogens with zero attached hydrogens (tertiary/aromatic N) is 1. The largest absolute Gasteiger partial charge is 0.497 e. The lowest BCUT2D eigenvalue weighted by Gasteiger charge is -2.08. The van der Waals surface area contributed by atoms with Crippen LogP contribution in [0, 0.1) is 6.92 Å². The normalized spacial score (nSPS) is 9.90. The minimum absolute atomic E-state index is 0.0806. The third-order valence-electron chi connectivity index (χ3n) is 2.59. The molecule has 1 N–H and O–H groups in total. The number of anilines is 1. The standard InChI is InChI=1S/C15H16N2O3/c1-11-6-7-16-14(8-11)17-15(18)10-20-13-5-3-4-12(9-13)19-2/h3-9H,10H2,1-2H3,(H,16,17,18). The molecule has 5 nitrogen and oxygen atoms in total. The van der Waals surface area contributed by atoms with E-state index in [1.165, 1.54) is 0 Å². The Kier molecular flexibility index (Phi) is 4.55. The lowest BCUT2D eigenvalue weighted by molar-refractivity contribution is -0.118. The lowest BCUT2D eigenvalue weighted by atomic mass is 10.3. The number of aromatic nitrogens is 1. The molecule has 0 aliphatic heterocycles. The molecule has 0 aliphatic carbocycles. The lowest BCUT2D eigenvalue weighted by Crippen LogP contribution is -2.20. The van der Waals surface area contributed by atoms with E-state index in [2.05, 4.69) is 10.3 Å². The van der Waals surface area contributed by atoms with Crippen molar-refractivity contribution in [2.45, 2.75) is 6.92 Å². The molecule has 0 fully saturated rings. The van der Waals surface area contributed by atoms with Crippen LogP contribution in [-0.2, 0) is 4.79 Å². The molecule has 1 aromatic heterocycles. The van der Waals surface area contributed by atoms with Gasteiger partial charge in [-0.3, -0.25) is 4.79 Å². The van der Waals surface area contributed by atoms with Gasteiger partial charge in [0.1, 0.15) is 17.3 Å². The van der Waals surface area contributed by atoms with Gasteiger partial charge in [-0.15, -0.1) is 0 Å². The number of methoxy groups -OCH3 is 1. The van der Waals surface area contributed by atoms with Gasteiger partial charge in [0.2, 0.25) is 0 Å². The number of pyridine rings is 1. The SMILES string of the molecule is COc1cccc(OCC(=O)Nc2cc(C)ccn2)c1. The number of ether oxygens (including phenoxy) is 2. The number of benzene rings is 1. The summed E-state index contributed by atoms with van der Waals surface area (Å²) in [5.41, 5.74) is 1.03. The second kappa shape index (κ2) is 6.56. The van der Waals surface area contributed by atoms with Gasteiger partial charge in [0.05, 0.1) is 7.11 Å². The van der Waals surface area contributed by atoms with Crippen molar-refractivity contribution < 1.29 is 14.3 Å². The highest BCUT2D eigenvalue weighted by Gasteiger charge is 2.05. The summed E-state index contributed by atoms with van der Waals surface area (Å²) in [5.74, 6) is 1.52. The van der Waals surface area contributed by atoms with Gasteiger partial charge < -0.3 is 14.8 Å². The highest BCUT2D eigenvalue weighted by Crippen LogP contribution is 2.18. The van der Waals surface area contributed by atoms with E-state index in [0.29, 0.717) is 17.3 Å². The van der Waals surface area contributed by atoms with Gasteiger partial charge in [-0.05, 0) is 36.8 Å². The number of aryl methyl sites for hydroxylation is 1. The van der Waals surface area contributed by atoms with Crippen LogP contribution in [0.15, 0.2) is 42.6 Å². The van der Waals surface area contributed by atoms with Crippen LogP contribution >= 0.6 is 0 Å². The van der Waals surface area contributed by atoms with Crippen LogP contribution in [0.5, 0.6) is 11.5 Å². The topological polar surface area (TPSA) is 60.5 Å². The maximum atomic E-state index is 11.7. The number of nitrogens with one attached hydrogen (secondary N) is 1. The number of rotatable bonds is 5. The van der Waals surface area contributed by atoms with Crippen LogP contribution in [0.2, 0.25) is 0 Å². The van der Waals surface area contributed by atoms with Crippen molar-refractivity contribution in [1.82, 2.24) is 4.98 Å². The second-order valence-corrected chi connectivity index (χ2v) is 4.23. The molecule has 0 radical (unpaired) electrons. The summed E-state index contributed by atoms with van der Waals surface area (Å²) in [7, 11) is 1.58. The fourth-order valence-electron chi connectivity index (χ4n) is 1.62. The molecule has 0 aliphatic rings. The molecule has 0 saturated heterocycles. The summed E-state index contributed by atoms with van der Waals surface area (Å²) in [5, 5.41) is 2.68. The smallest absolute Gasteiger partial charge is 0.263 e. The fraction of sp³-hybridized carbons (Fsp3) is 0.200. The van der Waals surface area contributed by atoms with E-state index >= 15 is 0 Å². The third-order valence-corrected chi connectivity index (χ3v) is 2.59. The monoisotopic (exact) mass is 272 g/mol. The summed E-state index contributed by atoms with van der Waals surface area (Å²) < 4.78 is 10.5. The van der Waals surface area contributed by atoms with Crippen molar-refractivity contribution in [2.75, 3.05) is 19.0 Å². The summed E-state index contributed by atoms with van der Waals surface area (Å²) in [6.45, 7) is 1.85. The van der Waals surface area contributed by atoms with Crippen molar-refractivity contribution in [3.8, 4) is 11.5 Å². The molecule has 1 aromatic carbocycles. The zero-order chi connectivity index (χ0) is 14.4. The molecule has 0 unspecified atom stereocenters. The van der Waals surface area contributed by atoms with E-state index < -0.39 is 0 Å². The number of hydrogen-bond acceptors (Lipinski definition) is 4. The Balaban J connectivity index is 1.88. The zero-order valence-corrected chi connectivity index (χ0v) is 11.4. The molecule has 1 heterocycles. The van der Waals surface area contributed by atoms with Gasteiger partial charge in [-0.2, -0.15) is 0 Å². The van der Waals surface area contributed by atoms with Gasteiger partial charge in [-0.25, -0.2) is 4.98 Å². The van der Waals surface area contributed by atoms with E-state index in [4.69, 9.17) is 9.47 Å². The van der Waals surface area contributed by atoms with Crippen molar-refractivity contribution in [1.29, 1.82) is 0 Å². The maximum absolute atomic E-state index is 11.7. The highest BCUT2D eigenvalue weighted by atomic mass is 16.5. The molecule has 104 valence electrons. The van der Waals surface area contributed by atoms with Gasteiger partial charge in [0, 0.05) is 12.3 Å². The van der Waals surface area contributed by atoms with Gasteiger partial charge in [-0.1, -0.05) is 6.07 Å². The summed E-state index contributed by atoms with van der Waals surface area (Å²) >= 11 is 0. The molecular weight excluding hydrogens is 256 g/mol. The molecule has 1 amide bonds. The first kappa shape index (κ1) is 13.9. The Hall–Kier alpha value is -2.56. The average Bonchev–Trinajstić information content (AvgIpc) is 2.45. The first-order valence-electron chi connectivity index (χ1n) is 6.17. The molecule has 0 atom stereocenters. The number of carbonyl (C=O) groups excluding carboxylic acids is 1. The van der Waals surface area contributed by atoms with E-state index in [1.807, 2.05) is 19.1 Å². The van der Waals surface area contributed by atoms with Crippen LogP contribution < -0.4 is 14.8 Å². The molecule has 2 rings (SSSR count). The number of amides is 1. The number of carbonyl (C=O) groups is 1. The minimum atomic E-state index is -0.258. The van der Waals surface area contributed by atoms with Crippen LogP contribution in [0.25, 0.3) is 0 Å². The number of hydrogen-bond donors (Lipinski definition) is 1. The van der Waals surface area contributed by atoms with E-state index in [-0.39, 0.29) is 12.5 Å². The molecule has 0 saturated carbocycles. The van der Waals surface area contributed by atoms with Gasteiger partial charge in [0.25, 0.3) is 5.91 Å². The van der Waals surface area contributed by atoms with Crippen LogP contribution in [0.4, 0.5) is 5.82 Å². The Morgan fingerprint density at radius 3 is 2.80 bits per heavy atom. The van der Waals surface area contributed by atoms with Crippen LogP contribution in [-0.4, -0.2) is 24.6 Å². The van der Waals surface area contributed by atoms with Crippen LogP contribution in [0.1, 0.15) is 5.56 Å². The highest BCUT2D eigenvalue weighted by molar-refractivity contribution is 5.90. The first-order chi connectivity index (χ1) is 9.67. The molecule has 0 bridgehead atoms. The molecular formula is C15H16N2O3. The van der Waals surface area contributed by atoms with E-state index in [1.54, 1.807) is 37.6 Å². The van der Waals surface area contributed by atoms with E-state index in [0.717, 1.165) is 5.56 Å². The first-order valence-corrected chi connectivity index (χ1v) is 6.17. The summed E-state index contributed by atoms with van der Waals surface area (Å²) in [6.07, 6.45) is 1.65. The van der Waals surface area contributed by atoms with E-state index in [9.17, 15) is 4.79 Å². The molecule has 5 heteroatoms. The maximum Gasteiger partial charge on any atom is 0.263 e. The summed E-state index contributed by atoms with van der Waals surface area (Å²) in [6, 6.07) is 10.8. The Bertz CT molecular complexity index is 599. The second-order valence-electron chi connectivity index (χ2n) is 4.23. The van der Waals surface area contributed by atoms with Crippen molar-refractivity contribution in [3.63, 3.8) is 0 Å². The Morgan fingerprint density at radius 1 is 1.25 bits per heavy atom. The molecule has 0 spiro atoms. The average molecular weight is 272 g/mol. The van der Waals surface area contributed by atoms with Crippen molar-refractivity contribution >= 4 is 11.7 Å². The van der Waals surface area contributed by atoms with Crippen molar-refractivity contribution in [3.05, 3.63) is 48.2 Å². The Morgan fingerprint density at radius 2 is 2.05 bits per heavy atom. The van der Waals surface area contributed by atoms with Crippen LogP contribution in [0.3, 0.4) is 0 Å². The Labute approximate surface area is 117 Å². The van der Waals surface area contributed by atoms with Gasteiger partial charge >= 0.3 is 0 Å². The summed E-state index contributed by atoms with van der Waals surface area (Å²) in [4.78, 5) is 15.8. The molecule has 20 heavy (non-hydrogen) atoms. The zero-order valence-electron chi connectivity index (χ0n) is 11.4. The van der Waals surface area contributed by atoms with Crippen molar-refractivity contribution in [2.24, 2.45) is 0 Å². The fourth-order valence-corrected chi connectivity index (χ4v) is 1.62. The van der Waals surface area contributed by atoms with Gasteiger partial charge in [0.15, 0.2) is 6.61 Å². The predicted molar refractivity (Wildman–Crippen MR) is 76.1 cm³/mol. The minimum Gasteiger partial charge on any atom is -0.497 e. The predicted octanol–water partition coefficient (Wildman–Crippen LogP) is 2.42. The third kappa shape index (κ3) is 3.98. The quantitative estimate of drug-likeness (QED) is 0.908.